The standard InChI is InChI=1S/C20H28N2O8.C2H6/c1-11(2)22-15-5-4-13(10-28-12(3)23)6-16(15)29-19-8-14(24)7-17(30-19)20(27)21-9-18(25)26;1-2/h4-6,11,14,17,19,22,24H,7-10H2,1-3H3,(H,21,27)(H,25,26);1-2H3. The van der Waals surface area contributed by atoms with Crippen molar-refractivity contribution in [1.29, 1.82) is 0 Å². The van der Waals surface area contributed by atoms with Crippen LogP contribution in [0, 0.1) is 0 Å². The Bertz CT molecular complexity index is 768. The molecule has 32 heavy (non-hydrogen) atoms. The summed E-state index contributed by atoms with van der Waals surface area (Å²) in [7, 11) is 0. The lowest BCUT2D eigenvalue weighted by molar-refractivity contribution is -0.184. The fourth-order valence-electron chi connectivity index (χ4n) is 2.89. The number of anilines is 1. The van der Waals surface area contributed by atoms with Crippen LogP contribution in [0.1, 0.15) is 53.0 Å². The Kier molecular flexibility index (Phi) is 11.5. The summed E-state index contributed by atoms with van der Waals surface area (Å²) in [6, 6.07) is 5.38. The molecule has 3 unspecified atom stereocenters. The Hall–Kier alpha value is -2.85. The second-order valence-corrected chi connectivity index (χ2v) is 7.32. The Morgan fingerprint density at radius 2 is 1.91 bits per heavy atom. The number of ether oxygens (including phenoxy) is 3. The van der Waals surface area contributed by atoms with Crippen molar-refractivity contribution in [3.63, 3.8) is 0 Å². The van der Waals surface area contributed by atoms with Crippen molar-refractivity contribution in [2.24, 2.45) is 0 Å². The maximum atomic E-state index is 12.1. The number of aliphatic hydroxyl groups is 1. The maximum Gasteiger partial charge on any atom is 0.322 e. The van der Waals surface area contributed by atoms with Gasteiger partial charge in [-0.1, -0.05) is 19.9 Å². The zero-order valence-corrected chi connectivity index (χ0v) is 19.2. The number of carbonyl (C=O) groups is 3. The average molecular weight is 455 g/mol. The summed E-state index contributed by atoms with van der Waals surface area (Å²) in [4.78, 5) is 33.9. The van der Waals surface area contributed by atoms with Gasteiger partial charge in [-0.25, -0.2) is 0 Å². The quantitative estimate of drug-likeness (QED) is 0.412. The second-order valence-electron chi connectivity index (χ2n) is 7.32. The molecule has 0 saturated carbocycles. The van der Waals surface area contributed by atoms with Crippen LogP contribution in [-0.4, -0.2) is 59.1 Å². The normalized spacial score (nSPS) is 19.9. The molecule has 2 rings (SSSR count). The van der Waals surface area contributed by atoms with Gasteiger partial charge in [0.05, 0.1) is 11.8 Å². The van der Waals surface area contributed by atoms with Crippen LogP contribution in [0.5, 0.6) is 5.75 Å². The molecule has 0 aliphatic carbocycles. The van der Waals surface area contributed by atoms with Gasteiger partial charge in [-0.05, 0) is 31.5 Å². The zero-order valence-electron chi connectivity index (χ0n) is 19.2. The number of hydrogen-bond acceptors (Lipinski definition) is 8. The number of carbonyl (C=O) groups excluding carboxylic acids is 2. The summed E-state index contributed by atoms with van der Waals surface area (Å²) in [5.74, 6) is -1.80. The SMILES string of the molecule is CC.CC(=O)OCc1ccc(NC(C)C)c(OC2CC(O)CC(C(=O)NCC(=O)O)O2)c1. The number of esters is 1. The number of rotatable bonds is 9. The van der Waals surface area contributed by atoms with Gasteiger partial charge >= 0.3 is 11.9 Å². The summed E-state index contributed by atoms with van der Waals surface area (Å²) < 4.78 is 16.6. The molecule has 1 amide bonds. The van der Waals surface area contributed by atoms with E-state index >= 15 is 0 Å². The molecule has 0 aromatic heterocycles. The van der Waals surface area contributed by atoms with E-state index in [1.165, 1.54) is 6.92 Å². The van der Waals surface area contributed by atoms with Crippen LogP contribution in [0.15, 0.2) is 18.2 Å². The molecule has 1 saturated heterocycles. The third kappa shape index (κ3) is 9.52. The molecule has 1 heterocycles. The van der Waals surface area contributed by atoms with Crippen molar-refractivity contribution in [3.05, 3.63) is 23.8 Å². The van der Waals surface area contributed by atoms with Gasteiger partial charge < -0.3 is 35.1 Å². The van der Waals surface area contributed by atoms with Crippen molar-refractivity contribution >= 4 is 23.5 Å². The highest BCUT2D eigenvalue weighted by Gasteiger charge is 2.34. The molecule has 0 bridgehead atoms. The van der Waals surface area contributed by atoms with E-state index in [2.05, 4.69) is 10.6 Å². The van der Waals surface area contributed by atoms with Gasteiger partial charge in [0.25, 0.3) is 0 Å². The van der Waals surface area contributed by atoms with Gasteiger partial charge in [0.15, 0.2) is 0 Å². The molecule has 1 aliphatic rings. The summed E-state index contributed by atoms with van der Waals surface area (Å²) >= 11 is 0. The first-order chi connectivity index (χ1) is 15.1. The number of nitrogens with one attached hydrogen (secondary N) is 2. The molecule has 0 radical (unpaired) electrons. The van der Waals surface area contributed by atoms with E-state index in [9.17, 15) is 19.5 Å². The molecule has 1 aromatic rings. The fraction of sp³-hybridized carbons (Fsp3) is 0.591. The first kappa shape index (κ1) is 27.2. The largest absolute Gasteiger partial charge is 0.480 e. The van der Waals surface area contributed by atoms with E-state index in [0.29, 0.717) is 17.0 Å². The molecule has 1 fully saturated rings. The maximum absolute atomic E-state index is 12.1. The number of aliphatic carboxylic acids is 1. The smallest absolute Gasteiger partial charge is 0.322 e. The van der Waals surface area contributed by atoms with E-state index in [4.69, 9.17) is 19.3 Å². The van der Waals surface area contributed by atoms with E-state index in [1.54, 1.807) is 18.2 Å². The number of carboxylic acids is 1. The van der Waals surface area contributed by atoms with E-state index in [-0.39, 0.29) is 25.5 Å². The predicted molar refractivity (Wildman–Crippen MR) is 117 cm³/mol. The van der Waals surface area contributed by atoms with Crippen LogP contribution in [0.4, 0.5) is 5.69 Å². The van der Waals surface area contributed by atoms with Gasteiger partial charge in [-0.2, -0.15) is 0 Å². The Balaban J connectivity index is 0.00000249. The van der Waals surface area contributed by atoms with Crippen molar-refractivity contribution in [2.45, 2.75) is 78.6 Å². The molecule has 0 spiro atoms. The highest BCUT2D eigenvalue weighted by Crippen LogP contribution is 2.31. The molecule has 10 heteroatoms. The topological polar surface area (TPSA) is 143 Å². The summed E-state index contributed by atoms with van der Waals surface area (Å²) in [5, 5.41) is 24.3. The minimum absolute atomic E-state index is 0.0366. The highest BCUT2D eigenvalue weighted by atomic mass is 16.7. The minimum atomic E-state index is -1.18. The van der Waals surface area contributed by atoms with E-state index in [0.717, 1.165) is 0 Å². The number of benzene rings is 1. The molecule has 1 aliphatic heterocycles. The Labute approximate surface area is 188 Å². The van der Waals surface area contributed by atoms with Gasteiger partial charge in [-0.15, -0.1) is 0 Å². The Morgan fingerprint density at radius 3 is 2.50 bits per heavy atom. The van der Waals surface area contributed by atoms with Crippen molar-refractivity contribution in [3.8, 4) is 5.75 Å². The van der Waals surface area contributed by atoms with Gasteiger partial charge in [0.1, 0.15) is 25.0 Å². The van der Waals surface area contributed by atoms with Crippen molar-refractivity contribution < 1.29 is 38.8 Å². The molecular weight excluding hydrogens is 420 g/mol. The van der Waals surface area contributed by atoms with Crippen LogP contribution in [0.2, 0.25) is 0 Å². The van der Waals surface area contributed by atoms with Crippen LogP contribution >= 0.6 is 0 Å². The monoisotopic (exact) mass is 454 g/mol. The molecule has 4 N–H and O–H groups in total. The molecule has 10 nitrogen and oxygen atoms in total. The number of aliphatic hydroxyl groups excluding tert-OH is 1. The third-order valence-corrected chi connectivity index (χ3v) is 4.16. The molecule has 180 valence electrons. The highest BCUT2D eigenvalue weighted by molar-refractivity contribution is 5.84. The first-order valence-corrected chi connectivity index (χ1v) is 10.7. The zero-order chi connectivity index (χ0) is 24.3. The number of amides is 1. The van der Waals surface area contributed by atoms with E-state index < -0.39 is 42.9 Å². The number of hydrogen-bond donors (Lipinski definition) is 4. The molecule has 3 atom stereocenters. The van der Waals surface area contributed by atoms with E-state index in [1.807, 2.05) is 27.7 Å². The van der Waals surface area contributed by atoms with Crippen molar-refractivity contribution in [1.82, 2.24) is 5.32 Å². The minimum Gasteiger partial charge on any atom is -0.480 e. The molecular formula is C22H34N2O8. The van der Waals surface area contributed by atoms with Crippen LogP contribution in [-0.2, 0) is 30.5 Å². The van der Waals surface area contributed by atoms with Gasteiger partial charge in [0, 0.05) is 25.8 Å². The van der Waals surface area contributed by atoms with Crippen LogP contribution in [0.3, 0.4) is 0 Å². The third-order valence-electron chi connectivity index (χ3n) is 4.16. The van der Waals surface area contributed by atoms with Gasteiger partial charge in [-0.3, -0.25) is 14.4 Å². The lowest BCUT2D eigenvalue weighted by Crippen LogP contribution is -2.47. The van der Waals surface area contributed by atoms with Crippen LogP contribution < -0.4 is 15.4 Å². The fourth-order valence-corrected chi connectivity index (χ4v) is 2.89. The Morgan fingerprint density at radius 1 is 1.22 bits per heavy atom. The average Bonchev–Trinajstić information content (AvgIpc) is 2.72. The lowest BCUT2D eigenvalue weighted by atomic mass is 10.0. The predicted octanol–water partition coefficient (Wildman–Crippen LogP) is 2.04. The summed E-state index contributed by atoms with van der Waals surface area (Å²) in [6.45, 7) is 8.77. The summed E-state index contributed by atoms with van der Waals surface area (Å²) in [6.07, 6.45) is -2.64. The first-order valence-electron chi connectivity index (χ1n) is 10.7. The summed E-state index contributed by atoms with van der Waals surface area (Å²) in [5.41, 5.74) is 1.37. The number of carboxylic acid groups (broad SMARTS) is 1. The second kappa shape index (κ2) is 13.5. The molecule has 1 aromatic carbocycles. The van der Waals surface area contributed by atoms with Crippen LogP contribution in [0.25, 0.3) is 0 Å². The lowest BCUT2D eigenvalue weighted by Gasteiger charge is -2.33. The van der Waals surface area contributed by atoms with Crippen molar-refractivity contribution in [2.75, 3.05) is 11.9 Å². The van der Waals surface area contributed by atoms with Gasteiger partial charge in [0.2, 0.25) is 12.2 Å².